The Labute approximate surface area is 146 Å². The van der Waals surface area contributed by atoms with E-state index in [0.29, 0.717) is 6.04 Å². The van der Waals surface area contributed by atoms with Crippen LogP contribution >= 0.6 is 0 Å². The van der Waals surface area contributed by atoms with Gasteiger partial charge < -0.3 is 9.80 Å². The molecule has 1 aliphatic rings. The molecule has 4 nitrogen and oxygen atoms in total. The van der Waals surface area contributed by atoms with Crippen LogP contribution in [0.3, 0.4) is 0 Å². The number of amides is 1. The minimum Gasteiger partial charge on any atom is -0.341 e. The van der Waals surface area contributed by atoms with E-state index in [-0.39, 0.29) is 5.91 Å². The largest absolute Gasteiger partial charge is 0.341 e. The molecule has 4 heteroatoms. The van der Waals surface area contributed by atoms with E-state index in [2.05, 4.69) is 35.2 Å². The zero-order valence-corrected chi connectivity index (χ0v) is 15.3. The van der Waals surface area contributed by atoms with E-state index >= 15 is 0 Å². The number of hydrogen-bond acceptors (Lipinski definition) is 3. The molecule has 0 spiro atoms. The predicted octanol–water partition coefficient (Wildman–Crippen LogP) is 2.62. The number of nitrogens with zero attached hydrogens (tertiary/aromatic N) is 3. The summed E-state index contributed by atoms with van der Waals surface area (Å²) in [5, 5.41) is 0. The highest BCUT2D eigenvalue weighted by Gasteiger charge is 2.24. The third kappa shape index (κ3) is 6.10. The summed E-state index contributed by atoms with van der Waals surface area (Å²) in [5.41, 5.74) is 1.35. The standard InChI is InChI=1S/C20H31N3O/c1-21(2)14-9-13-20(24)22(3)17-19-12-7-8-15-23(19)16-18-10-5-4-6-11-18/h4-6,9-11,13,19H,7-8,12,14-17H2,1-3H3/b13-9+/t19-/m1/s1. The van der Waals surface area contributed by atoms with E-state index in [1.165, 1.54) is 24.8 Å². The highest BCUT2D eigenvalue weighted by molar-refractivity contribution is 5.87. The molecule has 1 aromatic rings. The fourth-order valence-corrected chi connectivity index (χ4v) is 3.19. The summed E-state index contributed by atoms with van der Waals surface area (Å²) < 4.78 is 0. The molecule has 1 aromatic carbocycles. The van der Waals surface area contributed by atoms with Crippen LogP contribution in [0.5, 0.6) is 0 Å². The lowest BCUT2D eigenvalue weighted by atomic mass is 10.0. The molecule has 1 saturated heterocycles. The van der Waals surface area contributed by atoms with Crippen molar-refractivity contribution in [3.05, 3.63) is 48.0 Å². The van der Waals surface area contributed by atoms with Crippen molar-refractivity contribution in [2.75, 3.05) is 40.8 Å². The first-order valence-corrected chi connectivity index (χ1v) is 8.90. The van der Waals surface area contributed by atoms with Crippen LogP contribution in [0, 0.1) is 0 Å². The topological polar surface area (TPSA) is 26.8 Å². The maximum absolute atomic E-state index is 12.3. The second kappa shape index (κ2) is 9.60. The molecule has 1 amide bonds. The molecule has 0 aromatic heterocycles. The highest BCUT2D eigenvalue weighted by Crippen LogP contribution is 2.20. The van der Waals surface area contributed by atoms with Crippen molar-refractivity contribution >= 4 is 5.91 Å². The van der Waals surface area contributed by atoms with Gasteiger partial charge in [-0.05, 0) is 39.0 Å². The summed E-state index contributed by atoms with van der Waals surface area (Å²) in [5.74, 6) is 0.0992. The van der Waals surface area contributed by atoms with Crippen LogP contribution in [-0.4, -0.2) is 67.4 Å². The number of hydrogen-bond donors (Lipinski definition) is 0. The Morgan fingerprint density at radius 2 is 1.96 bits per heavy atom. The van der Waals surface area contributed by atoms with Crippen molar-refractivity contribution < 1.29 is 4.79 Å². The lowest BCUT2D eigenvalue weighted by Crippen LogP contribution is -2.46. The van der Waals surface area contributed by atoms with Gasteiger partial charge in [0, 0.05) is 38.8 Å². The third-order valence-electron chi connectivity index (χ3n) is 4.57. The zero-order valence-electron chi connectivity index (χ0n) is 15.3. The van der Waals surface area contributed by atoms with Crippen LogP contribution in [-0.2, 0) is 11.3 Å². The Morgan fingerprint density at radius 1 is 1.21 bits per heavy atom. The van der Waals surface area contributed by atoms with E-state index in [9.17, 15) is 4.79 Å². The van der Waals surface area contributed by atoms with Gasteiger partial charge in [-0.3, -0.25) is 9.69 Å². The van der Waals surface area contributed by atoms with E-state index in [1.54, 1.807) is 6.08 Å². The number of likely N-dealkylation sites (N-methyl/N-ethyl adjacent to an activating group) is 2. The smallest absolute Gasteiger partial charge is 0.246 e. The molecule has 132 valence electrons. The number of benzene rings is 1. The minimum absolute atomic E-state index is 0.0992. The molecule has 0 N–H and O–H groups in total. The monoisotopic (exact) mass is 329 g/mol. The SMILES string of the molecule is CN(C)C/C=C/C(=O)N(C)C[C@H]1CCCCN1Cc1ccccc1. The maximum Gasteiger partial charge on any atom is 0.246 e. The fourth-order valence-electron chi connectivity index (χ4n) is 3.19. The Bertz CT molecular complexity index is 527. The lowest BCUT2D eigenvalue weighted by molar-refractivity contribution is -0.125. The molecule has 24 heavy (non-hydrogen) atoms. The van der Waals surface area contributed by atoms with Crippen molar-refractivity contribution in [1.29, 1.82) is 0 Å². The summed E-state index contributed by atoms with van der Waals surface area (Å²) in [7, 11) is 5.92. The Hall–Kier alpha value is -1.65. The summed E-state index contributed by atoms with van der Waals surface area (Å²) >= 11 is 0. The molecule has 1 fully saturated rings. The zero-order chi connectivity index (χ0) is 17.4. The number of piperidine rings is 1. The number of carbonyl (C=O) groups excluding carboxylic acids is 1. The average molecular weight is 329 g/mol. The fraction of sp³-hybridized carbons (Fsp3) is 0.550. The van der Waals surface area contributed by atoms with Gasteiger partial charge in [0.15, 0.2) is 0 Å². The van der Waals surface area contributed by atoms with E-state index < -0.39 is 0 Å². The van der Waals surface area contributed by atoms with Crippen LogP contribution in [0.15, 0.2) is 42.5 Å². The molecule has 1 aliphatic heterocycles. The summed E-state index contributed by atoms with van der Waals surface area (Å²) in [4.78, 5) is 18.7. The molecule has 0 unspecified atom stereocenters. The van der Waals surface area contributed by atoms with Gasteiger partial charge in [-0.2, -0.15) is 0 Å². The second-order valence-electron chi connectivity index (χ2n) is 6.99. The molecule has 0 saturated carbocycles. The van der Waals surface area contributed by atoms with Gasteiger partial charge in [0.1, 0.15) is 0 Å². The number of carbonyl (C=O) groups is 1. The van der Waals surface area contributed by atoms with Crippen LogP contribution in [0.4, 0.5) is 0 Å². The van der Waals surface area contributed by atoms with Gasteiger partial charge in [-0.25, -0.2) is 0 Å². The average Bonchev–Trinajstić information content (AvgIpc) is 2.57. The minimum atomic E-state index is 0.0992. The molecular formula is C20H31N3O. The third-order valence-corrected chi connectivity index (χ3v) is 4.57. The normalized spacial score (nSPS) is 19.1. The molecule has 2 rings (SSSR count). The molecular weight excluding hydrogens is 298 g/mol. The first-order chi connectivity index (χ1) is 11.6. The quantitative estimate of drug-likeness (QED) is 0.720. The Morgan fingerprint density at radius 3 is 2.67 bits per heavy atom. The van der Waals surface area contributed by atoms with Crippen molar-refractivity contribution in [2.45, 2.75) is 31.8 Å². The van der Waals surface area contributed by atoms with Crippen LogP contribution < -0.4 is 0 Å². The van der Waals surface area contributed by atoms with E-state index in [0.717, 1.165) is 26.2 Å². The van der Waals surface area contributed by atoms with Crippen LogP contribution in [0.2, 0.25) is 0 Å². The number of rotatable bonds is 7. The predicted molar refractivity (Wildman–Crippen MR) is 99.8 cm³/mol. The van der Waals surface area contributed by atoms with Crippen molar-refractivity contribution in [1.82, 2.24) is 14.7 Å². The maximum atomic E-state index is 12.3. The Kier molecular flexibility index (Phi) is 7.47. The van der Waals surface area contributed by atoms with Crippen molar-refractivity contribution in [3.8, 4) is 0 Å². The molecule has 0 bridgehead atoms. The molecule has 0 radical (unpaired) electrons. The molecule has 0 aliphatic carbocycles. The molecule has 1 atom stereocenters. The highest BCUT2D eigenvalue weighted by atomic mass is 16.2. The van der Waals surface area contributed by atoms with Crippen LogP contribution in [0.25, 0.3) is 0 Å². The van der Waals surface area contributed by atoms with E-state index in [4.69, 9.17) is 0 Å². The van der Waals surface area contributed by atoms with Crippen LogP contribution in [0.1, 0.15) is 24.8 Å². The molecule has 1 heterocycles. The van der Waals surface area contributed by atoms with Gasteiger partial charge in [0.25, 0.3) is 0 Å². The van der Waals surface area contributed by atoms with Gasteiger partial charge in [-0.1, -0.05) is 42.8 Å². The van der Waals surface area contributed by atoms with Gasteiger partial charge in [0.05, 0.1) is 0 Å². The first-order valence-electron chi connectivity index (χ1n) is 8.90. The first kappa shape index (κ1) is 18.7. The number of likely N-dealkylation sites (tertiary alicyclic amines) is 1. The van der Waals surface area contributed by atoms with Gasteiger partial charge in [-0.15, -0.1) is 0 Å². The van der Waals surface area contributed by atoms with Gasteiger partial charge >= 0.3 is 0 Å². The Balaban J connectivity index is 1.90. The summed E-state index contributed by atoms with van der Waals surface area (Å²) in [6, 6.07) is 11.1. The lowest BCUT2D eigenvalue weighted by Gasteiger charge is -2.37. The van der Waals surface area contributed by atoms with Gasteiger partial charge in [0.2, 0.25) is 5.91 Å². The van der Waals surface area contributed by atoms with Crippen molar-refractivity contribution in [3.63, 3.8) is 0 Å². The second-order valence-corrected chi connectivity index (χ2v) is 6.99. The van der Waals surface area contributed by atoms with E-state index in [1.807, 2.05) is 37.0 Å². The van der Waals surface area contributed by atoms with Crippen molar-refractivity contribution in [2.24, 2.45) is 0 Å². The summed E-state index contributed by atoms with van der Waals surface area (Å²) in [6.07, 6.45) is 7.32. The summed E-state index contributed by atoms with van der Waals surface area (Å²) in [6.45, 7) is 3.70.